The van der Waals surface area contributed by atoms with E-state index in [0.29, 0.717) is 18.3 Å². The Hall–Kier alpha value is -2.56. The quantitative estimate of drug-likeness (QED) is 0.641. The molecule has 2 heterocycles. The van der Waals surface area contributed by atoms with Gasteiger partial charge in [-0.15, -0.1) is 0 Å². The maximum atomic E-state index is 5.11. The van der Waals surface area contributed by atoms with Crippen LogP contribution in [-0.2, 0) is 13.0 Å². The van der Waals surface area contributed by atoms with Crippen LogP contribution in [0.5, 0.6) is 5.88 Å². The number of nitrogens with one attached hydrogen (secondary N) is 1. The van der Waals surface area contributed by atoms with Crippen molar-refractivity contribution in [3.05, 3.63) is 59.8 Å². The second kappa shape index (κ2) is 9.22. The number of rotatable bonds is 6. The van der Waals surface area contributed by atoms with E-state index in [2.05, 4.69) is 52.5 Å². The van der Waals surface area contributed by atoms with E-state index in [1.165, 1.54) is 12.0 Å². The molecule has 5 heteroatoms. The Morgan fingerprint density at radius 3 is 2.77 bits per heavy atom. The molecule has 1 unspecified atom stereocenters. The van der Waals surface area contributed by atoms with Crippen molar-refractivity contribution in [2.24, 2.45) is 10.9 Å². The molecule has 1 aliphatic heterocycles. The minimum absolute atomic E-state index is 0.624. The molecule has 3 rings (SSSR count). The molecule has 1 atom stereocenters. The van der Waals surface area contributed by atoms with E-state index in [1.807, 2.05) is 18.3 Å². The van der Waals surface area contributed by atoms with E-state index in [4.69, 9.17) is 9.73 Å². The first-order valence-corrected chi connectivity index (χ1v) is 9.34. The minimum Gasteiger partial charge on any atom is -0.481 e. The molecular weight excluding hydrogens is 324 g/mol. The Labute approximate surface area is 156 Å². The molecule has 1 aromatic carbocycles. The lowest BCUT2D eigenvalue weighted by atomic mass is 9.99. The fourth-order valence-electron chi connectivity index (χ4n) is 3.36. The number of nitrogens with zero attached hydrogens (tertiary/aromatic N) is 3. The van der Waals surface area contributed by atoms with Crippen LogP contribution in [0.4, 0.5) is 0 Å². The number of guanidine groups is 1. The summed E-state index contributed by atoms with van der Waals surface area (Å²) in [5, 5.41) is 3.43. The van der Waals surface area contributed by atoms with Crippen LogP contribution < -0.4 is 10.1 Å². The highest BCUT2D eigenvalue weighted by Crippen LogP contribution is 2.21. The fourth-order valence-corrected chi connectivity index (χ4v) is 3.36. The monoisotopic (exact) mass is 352 g/mol. The van der Waals surface area contributed by atoms with Crippen LogP contribution in [0, 0.1) is 5.92 Å². The van der Waals surface area contributed by atoms with Gasteiger partial charge in [0.2, 0.25) is 5.88 Å². The first-order chi connectivity index (χ1) is 12.8. The van der Waals surface area contributed by atoms with Gasteiger partial charge in [-0.3, -0.25) is 0 Å². The molecule has 0 radical (unpaired) electrons. The molecule has 0 saturated carbocycles. The molecule has 2 aromatic rings. The van der Waals surface area contributed by atoms with E-state index in [1.54, 1.807) is 7.11 Å². The highest BCUT2D eigenvalue weighted by Gasteiger charge is 2.24. The number of benzene rings is 1. The van der Waals surface area contributed by atoms with Gasteiger partial charge in [0, 0.05) is 31.9 Å². The van der Waals surface area contributed by atoms with Gasteiger partial charge in [0.15, 0.2) is 5.96 Å². The van der Waals surface area contributed by atoms with Crippen LogP contribution in [0.3, 0.4) is 0 Å². The number of hydrogen-bond acceptors (Lipinski definition) is 3. The largest absolute Gasteiger partial charge is 0.481 e. The van der Waals surface area contributed by atoms with Gasteiger partial charge in [0.05, 0.1) is 13.7 Å². The Kier molecular flexibility index (Phi) is 6.47. The Morgan fingerprint density at radius 2 is 2.08 bits per heavy atom. The van der Waals surface area contributed by atoms with Crippen LogP contribution >= 0.6 is 0 Å². The summed E-state index contributed by atoms with van der Waals surface area (Å²) in [7, 11) is 1.63. The van der Waals surface area contributed by atoms with Crippen molar-refractivity contribution >= 4 is 5.96 Å². The van der Waals surface area contributed by atoms with Gasteiger partial charge >= 0.3 is 0 Å². The molecule has 1 aromatic heterocycles. The number of aliphatic imine (C=N–C) groups is 1. The highest BCUT2D eigenvalue weighted by atomic mass is 16.5. The number of aromatic nitrogens is 1. The van der Waals surface area contributed by atoms with Crippen LogP contribution in [0.25, 0.3) is 0 Å². The van der Waals surface area contributed by atoms with Crippen molar-refractivity contribution in [2.75, 3.05) is 26.7 Å². The zero-order valence-corrected chi connectivity index (χ0v) is 15.7. The standard InChI is InChI=1S/C21H28N4O/c1-3-22-21(24-15-19-9-10-20(26-2)23-14-19)25-12-11-18(16-25)13-17-7-5-4-6-8-17/h4-10,14,18H,3,11-13,15-16H2,1-2H3,(H,22,24). The van der Waals surface area contributed by atoms with Crippen molar-refractivity contribution in [3.8, 4) is 5.88 Å². The summed E-state index contributed by atoms with van der Waals surface area (Å²) in [4.78, 5) is 11.4. The molecule has 1 aliphatic rings. The minimum atomic E-state index is 0.624. The number of pyridine rings is 1. The summed E-state index contributed by atoms with van der Waals surface area (Å²) in [6, 6.07) is 14.7. The Balaban J connectivity index is 1.60. The highest BCUT2D eigenvalue weighted by molar-refractivity contribution is 5.80. The van der Waals surface area contributed by atoms with E-state index in [9.17, 15) is 0 Å². The van der Waals surface area contributed by atoms with Gasteiger partial charge in [0.1, 0.15) is 0 Å². The average Bonchev–Trinajstić information content (AvgIpc) is 3.14. The lowest BCUT2D eigenvalue weighted by molar-refractivity contribution is 0.397. The third-order valence-corrected chi connectivity index (χ3v) is 4.71. The summed E-state index contributed by atoms with van der Waals surface area (Å²) >= 11 is 0. The van der Waals surface area contributed by atoms with Crippen LogP contribution in [0.15, 0.2) is 53.7 Å². The van der Waals surface area contributed by atoms with Crippen molar-refractivity contribution < 1.29 is 4.74 Å². The summed E-state index contributed by atoms with van der Waals surface area (Å²) < 4.78 is 5.11. The normalized spacial score (nSPS) is 17.4. The first kappa shape index (κ1) is 18.2. The second-order valence-electron chi connectivity index (χ2n) is 6.67. The van der Waals surface area contributed by atoms with E-state index < -0.39 is 0 Å². The predicted octanol–water partition coefficient (Wildman–Crippen LogP) is 3.12. The molecule has 1 fully saturated rings. The average molecular weight is 352 g/mol. The molecule has 0 amide bonds. The SMILES string of the molecule is CCNC(=NCc1ccc(OC)nc1)N1CCC(Cc2ccccc2)C1. The van der Waals surface area contributed by atoms with Crippen LogP contribution in [0.1, 0.15) is 24.5 Å². The molecular formula is C21H28N4O. The smallest absolute Gasteiger partial charge is 0.212 e. The summed E-state index contributed by atoms with van der Waals surface area (Å²) in [5.74, 6) is 2.32. The summed E-state index contributed by atoms with van der Waals surface area (Å²) in [6.45, 7) is 5.73. The molecule has 5 nitrogen and oxygen atoms in total. The van der Waals surface area contributed by atoms with Crippen molar-refractivity contribution in [1.82, 2.24) is 15.2 Å². The molecule has 0 aliphatic carbocycles. The van der Waals surface area contributed by atoms with E-state index in [-0.39, 0.29) is 0 Å². The second-order valence-corrected chi connectivity index (χ2v) is 6.67. The number of hydrogen-bond donors (Lipinski definition) is 1. The lowest BCUT2D eigenvalue weighted by Gasteiger charge is -2.21. The van der Waals surface area contributed by atoms with Crippen LogP contribution in [-0.4, -0.2) is 42.6 Å². The third-order valence-electron chi connectivity index (χ3n) is 4.71. The van der Waals surface area contributed by atoms with Gasteiger partial charge in [0.25, 0.3) is 0 Å². The lowest BCUT2D eigenvalue weighted by Crippen LogP contribution is -2.40. The number of ether oxygens (including phenoxy) is 1. The Morgan fingerprint density at radius 1 is 1.23 bits per heavy atom. The zero-order chi connectivity index (χ0) is 18.2. The van der Waals surface area contributed by atoms with E-state index in [0.717, 1.165) is 37.6 Å². The van der Waals surface area contributed by atoms with Gasteiger partial charge < -0.3 is 15.0 Å². The van der Waals surface area contributed by atoms with Gasteiger partial charge in [-0.25, -0.2) is 9.98 Å². The van der Waals surface area contributed by atoms with Gasteiger partial charge in [-0.05, 0) is 36.8 Å². The third kappa shape index (κ3) is 4.97. The summed E-state index contributed by atoms with van der Waals surface area (Å²) in [5.41, 5.74) is 2.51. The summed E-state index contributed by atoms with van der Waals surface area (Å²) in [6.07, 6.45) is 4.18. The van der Waals surface area contributed by atoms with Crippen molar-refractivity contribution in [3.63, 3.8) is 0 Å². The molecule has 138 valence electrons. The van der Waals surface area contributed by atoms with Crippen molar-refractivity contribution in [1.29, 1.82) is 0 Å². The number of likely N-dealkylation sites (tertiary alicyclic amines) is 1. The zero-order valence-electron chi connectivity index (χ0n) is 15.7. The predicted molar refractivity (Wildman–Crippen MR) is 105 cm³/mol. The van der Waals surface area contributed by atoms with Gasteiger partial charge in [-0.1, -0.05) is 36.4 Å². The topological polar surface area (TPSA) is 49.8 Å². The molecule has 1 saturated heterocycles. The molecule has 0 spiro atoms. The molecule has 1 N–H and O–H groups in total. The van der Waals surface area contributed by atoms with Crippen molar-refractivity contribution in [2.45, 2.75) is 26.3 Å². The maximum Gasteiger partial charge on any atom is 0.212 e. The first-order valence-electron chi connectivity index (χ1n) is 9.34. The fraction of sp³-hybridized carbons (Fsp3) is 0.429. The van der Waals surface area contributed by atoms with Gasteiger partial charge in [-0.2, -0.15) is 0 Å². The van der Waals surface area contributed by atoms with E-state index >= 15 is 0 Å². The number of methoxy groups -OCH3 is 1. The molecule has 0 bridgehead atoms. The Bertz CT molecular complexity index is 700. The maximum absolute atomic E-state index is 5.11. The van der Waals surface area contributed by atoms with Crippen LogP contribution in [0.2, 0.25) is 0 Å². The molecule has 26 heavy (non-hydrogen) atoms.